The molecule has 0 aliphatic heterocycles. The van der Waals surface area contributed by atoms with Crippen LogP contribution in [0.2, 0.25) is 0 Å². The lowest BCUT2D eigenvalue weighted by atomic mass is 10.0. The van der Waals surface area contributed by atoms with Crippen molar-refractivity contribution >= 4 is 0 Å². The molecule has 1 heterocycles. The van der Waals surface area contributed by atoms with Crippen molar-refractivity contribution in [2.75, 3.05) is 6.61 Å². The molecule has 0 fully saturated rings. The zero-order chi connectivity index (χ0) is 11.4. The summed E-state index contributed by atoms with van der Waals surface area (Å²) in [5.41, 5.74) is 3.14. The van der Waals surface area contributed by atoms with Crippen LogP contribution < -0.4 is 0 Å². The zero-order valence-electron chi connectivity index (χ0n) is 8.93. The molecule has 0 saturated carbocycles. The van der Waals surface area contributed by atoms with Crippen molar-refractivity contribution in [1.82, 2.24) is 4.98 Å². The predicted molar refractivity (Wildman–Crippen MR) is 63.0 cm³/mol. The molecule has 0 spiro atoms. The van der Waals surface area contributed by atoms with Crippen LogP contribution >= 0.6 is 0 Å². The Kier molecular flexibility index (Phi) is 3.39. The molecule has 3 nitrogen and oxygen atoms in total. The van der Waals surface area contributed by atoms with Gasteiger partial charge >= 0.3 is 0 Å². The third kappa shape index (κ3) is 2.32. The van der Waals surface area contributed by atoms with E-state index in [2.05, 4.69) is 4.98 Å². The van der Waals surface area contributed by atoms with Crippen LogP contribution in [0.4, 0.5) is 0 Å². The molecular weight excluding hydrogens is 202 g/mol. The minimum Gasteiger partial charge on any atom is -0.394 e. The maximum absolute atomic E-state index is 9.43. The Morgan fingerprint density at radius 1 is 1.12 bits per heavy atom. The van der Waals surface area contributed by atoms with Gasteiger partial charge in [-0.2, -0.15) is 0 Å². The SMILES string of the molecule is OCC(O)Cc1[nH]ccc1-c1ccccc1. The molecular formula is C13H15NO2. The largest absolute Gasteiger partial charge is 0.394 e. The van der Waals surface area contributed by atoms with Crippen LogP contribution in [0.1, 0.15) is 5.69 Å². The minimum atomic E-state index is -0.707. The van der Waals surface area contributed by atoms with Crippen molar-refractivity contribution < 1.29 is 10.2 Å². The predicted octanol–water partition coefficient (Wildman–Crippen LogP) is 1.58. The Morgan fingerprint density at radius 3 is 2.56 bits per heavy atom. The van der Waals surface area contributed by atoms with Gasteiger partial charge < -0.3 is 15.2 Å². The smallest absolute Gasteiger partial charge is 0.0825 e. The molecule has 0 aliphatic carbocycles. The average Bonchev–Trinajstić information content (AvgIpc) is 2.78. The highest BCUT2D eigenvalue weighted by atomic mass is 16.3. The second-order valence-electron chi connectivity index (χ2n) is 3.78. The summed E-state index contributed by atoms with van der Waals surface area (Å²) in [4.78, 5) is 3.10. The number of nitrogens with one attached hydrogen (secondary N) is 1. The molecule has 0 radical (unpaired) electrons. The van der Waals surface area contributed by atoms with Gasteiger partial charge in [0, 0.05) is 23.9 Å². The van der Waals surface area contributed by atoms with Crippen molar-refractivity contribution in [1.29, 1.82) is 0 Å². The monoisotopic (exact) mass is 217 g/mol. The highest BCUT2D eigenvalue weighted by molar-refractivity contribution is 5.66. The van der Waals surface area contributed by atoms with Crippen LogP contribution in [0.5, 0.6) is 0 Å². The molecule has 3 N–H and O–H groups in total. The average molecular weight is 217 g/mol. The van der Waals surface area contributed by atoms with Gasteiger partial charge in [0.15, 0.2) is 0 Å². The summed E-state index contributed by atoms with van der Waals surface area (Å²) >= 11 is 0. The Hall–Kier alpha value is -1.58. The molecule has 16 heavy (non-hydrogen) atoms. The summed E-state index contributed by atoms with van der Waals surface area (Å²) in [5.74, 6) is 0. The summed E-state index contributed by atoms with van der Waals surface area (Å²) in [5, 5.41) is 18.3. The van der Waals surface area contributed by atoms with E-state index in [4.69, 9.17) is 5.11 Å². The van der Waals surface area contributed by atoms with Crippen molar-refractivity contribution in [3.8, 4) is 11.1 Å². The van der Waals surface area contributed by atoms with Crippen LogP contribution in [0, 0.1) is 0 Å². The number of rotatable bonds is 4. The van der Waals surface area contributed by atoms with Crippen molar-refractivity contribution in [3.63, 3.8) is 0 Å². The van der Waals surface area contributed by atoms with E-state index < -0.39 is 6.10 Å². The summed E-state index contributed by atoms with van der Waals surface area (Å²) in [6.45, 7) is -0.215. The second kappa shape index (κ2) is 4.96. The zero-order valence-corrected chi connectivity index (χ0v) is 8.93. The molecule has 0 saturated heterocycles. The first-order valence-electron chi connectivity index (χ1n) is 5.32. The number of hydrogen-bond donors (Lipinski definition) is 3. The molecule has 0 aliphatic rings. The van der Waals surface area contributed by atoms with E-state index >= 15 is 0 Å². The lowest BCUT2D eigenvalue weighted by Crippen LogP contribution is -2.15. The van der Waals surface area contributed by atoms with Gasteiger partial charge in [0.05, 0.1) is 12.7 Å². The van der Waals surface area contributed by atoms with E-state index in [1.165, 1.54) is 0 Å². The number of aromatic nitrogens is 1. The lowest BCUT2D eigenvalue weighted by molar-refractivity contribution is 0.0949. The minimum absolute atomic E-state index is 0.215. The second-order valence-corrected chi connectivity index (χ2v) is 3.78. The first-order valence-corrected chi connectivity index (χ1v) is 5.32. The fraction of sp³-hybridized carbons (Fsp3) is 0.231. The van der Waals surface area contributed by atoms with Crippen molar-refractivity contribution in [3.05, 3.63) is 48.3 Å². The molecule has 1 aromatic carbocycles. The summed E-state index contributed by atoms with van der Waals surface area (Å²) in [6, 6.07) is 12.0. The molecule has 2 rings (SSSR count). The number of H-pyrrole nitrogens is 1. The molecule has 1 aromatic heterocycles. The molecule has 1 unspecified atom stereocenters. The molecule has 0 amide bonds. The summed E-state index contributed by atoms with van der Waals surface area (Å²) in [6.07, 6.45) is 1.58. The van der Waals surface area contributed by atoms with Gasteiger partial charge in [0.1, 0.15) is 0 Å². The van der Waals surface area contributed by atoms with Crippen LogP contribution in [0.25, 0.3) is 11.1 Å². The maximum atomic E-state index is 9.43. The number of benzene rings is 1. The fourth-order valence-electron chi connectivity index (χ4n) is 1.76. The standard InChI is InChI=1S/C13H15NO2/c15-9-11(16)8-13-12(6-7-14-13)10-4-2-1-3-5-10/h1-7,11,14-16H,8-9H2. The van der Waals surface area contributed by atoms with Crippen LogP contribution in [0.15, 0.2) is 42.6 Å². The van der Waals surface area contributed by atoms with E-state index in [9.17, 15) is 5.11 Å². The molecule has 84 valence electrons. The van der Waals surface area contributed by atoms with E-state index in [1.807, 2.05) is 42.6 Å². The van der Waals surface area contributed by atoms with E-state index in [-0.39, 0.29) is 6.61 Å². The first kappa shape index (κ1) is 10.9. The highest BCUT2D eigenvalue weighted by Crippen LogP contribution is 2.23. The van der Waals surface area contributed by atoms with Crippen molar-refractivity contribution in [2.45, 2.75) is 12.5 Å². The van der Waals surface area contributed by atoms with Gasteiger partial charge in [-0.05, 0) is 11.6 Å². The summed E-state index contributed by atoms with van der Waals surface area (Å²) < 4.78 is 0. The number of hydrogen-bond acceptors (Lipinski definition) is 2. The number of aromatic amines is 1. The molecule has 1 atom stereocenters. The van der Waals surface area contributed by atoms with Gasteiger partial charge in [0.25, 0.3) is 0 Å². The normalized spacial score (nSPS) is 12.6. The Bertz CT molecular complexity index is 436. The van der Waals surface area contributed by atoms with Gasteiger partial charge in [-0.15, -0.1) is 0 Å². The van der Waals surface area contributed by atoms with E-state index in [0.717, 1.165) is 16.8 Å². The van der Waals surface area contributed by atoms with E-state index in [1.54, 1.807) is 0 Å². The van der Waals surface area contributed by atoms with Crippen LogP contribution in [-0.4, -0.2) is 27.9 Å². The van der Waals surface area contributed by atoms with Crippen LogP contribution in [0.3, 0.4) is 0 Å². The maximum Gasteiger partial charge on any atom is 0.0825 e. The van der Waals surface area contributed by atoms with Gasteiger partial charge in [0.2, 0.25) is 0 Å². The lowest BCUT2D eigenvalue weighted by Gasteiger charge is -2.08. The molecule has 3 heteroatoms. The summed E-state index contributed by atoms with van der Waals surface area (Å²) in [7, 11) is 0. The highest BCUT2D eigenvalue weighted by Gasteiger charge is 2.10. The molecule has 0 bridgehead atoms. The number of aliphatic hydroxyl groups excluding tert-OH is 2. The Morgan fingerprint density at radius 2 is 1.88 bits per heavy atom. The quantitative estimate of drug-likeness (QED) is 0.728. The first-order chi connectivity index (χ1) is 7.81. The van der Waals surface area contributed by atoms with E-state index in [0.29, 0.717) is 6.42 Å². The van der Waals surface area contributed by atoms with Gasteiger partial charge in [-0.3, -0.25) is 0 Å². The fourth-order valence-corrected chi connectivity index (χ4v) is 1.76. The third-order valence-corrected chi connectivity index (χ3v) is 2.57. The van der Waals surface area contributed by atoms with Crippen LogP contribution in [-0.2, 0) is 6.42 Å². The number of aliphatic hydroxyl groups is 2. The third-order valence-electron chi connectivity index (χ3n) is 2.57. The van der Waals surface area contributed by atoms with Crippen molar-refractivity contribution in [2.24, 2.45) is 0 Å². The van der Waals surface area contributed by atoms with Gasteiger partial charge in [-0.25, -0.2) is 0 Å². The Labute approximate surface area is 94.4 Å². The molecule has 2 aromatic rings. The van der Waals surface area contributed by atoms with Gasteiger partial charge in [-0.1, -0.05) is 30.3 Å². The Balaban J connectivity index is 2.26. The topological polar surface area (TPSA) is 56.2 Å².